The Morgan fingerprint density at radius 1 is 1.20 bits per heavy atom. The number of nitrogens with one attached hydrogen (secondary N) is 1. The molecule has 0 aromatic carbocycles. The molecule has 0 radical (unpaired) electrons. The average molecular weight is 213 g/mol. The van der Waals surface area contributed by atoms with Gasteiger partial charge in [-0.15, -0.1) is 0 Å². The van der Waals surface area contributed by atoms with Crippen LogP contribution in [0.5, 0.6) is 0 Å². The Bertz CT molecular complexity index is 149. The predicted octanol–water partition coefficient (Wildman–Crippen LogP) is 2.97. The third-order valence-electron chi connectivity index (χ3n) is 3.23. The minimum absolute atomic E-state index is 0.743. The fourth-order valence-electron chi connectivity index (χ4n) is 2.48. The highest BCUT2D eigenvalue weighted by Crippen LogP contribution is 2.23. The SMILES string of the molecule is CCCOCC1CCCCC(NCC)C1. The van der Waals surface area contributed by atoms with Crippen molar-refractivity contribution >= 4 is 0 Å². The Labute approximate surface area is 94.8 Å². The lowest BCUT2D eigenvalue weighted by Crippen LogP contribution is -2.30. The fourth-order valence-corrected chi connectivity index (χ4v) is 2.48. The van der Waals surface area contributed by atoms with Crippen molar-refractivity contribution in [2.75, 3.05) is 19.8 Å². The second-order valence-corrected chi connectivity index (χ2v) is 4.72. The van der Waals surface area contributed by atoms with E-state index in [9.17, 15) is 0 Å². The smallest absolute Gasteiger partial charge is 0.0494 e. The van der Waals surface area contributed by atoms with Gasteiger partial charge in [0.05, 0.1) is 0 Å². The second-order valence-electron chi connectivity index (χ2n) is 4.72. The monoisotopic (exact) mass is 213 g/mol. The first-order valence-corrected chi connectivity index (χ1v) is 6.68. The standard InChI is InChI=1S/C13H27NO/c1-3-9-15-11-12-7-5-6-8-13(10-12)14-4-2/h12-14H,3-11H2,1-2H3. The van der Waals surface area contributed by atoms with E-state index in [2.05, 4.69) is 19.2 Å². The molecule has 0 saturated heterocycles. The van der Waals surface area contributed by atoms with E-state index in [1.807, 2.05) is 0 Å². The van der Waals surface area contributed by atoms with Gasteiger partial charge in [-0.05, 0) is 38.1 Å². The fraction of sp³-hybridized carbons (Fsp3) is 1.00. The van der Waals surface area contributed by atoms with Crippen LogP contribution in [0.1, 0.15) is 52.4 Å². The van der Waals surface area contributed by atoms with Crippen LogP contribution < -0.4 is 5.32 Å². The topological polar surface area (TPSA) is 21.3 Å². The van der Waals surface area contributed by atoms with Crippen LogP contribution in [0.25, 0.3) is 0 Å². The molecule has 1 N–H and O–H groups in total. The van der Waals surface area contributed by atoms with Crippen LogP contribution >= 0.6 is 0 Å². The van der Waals surface area contributed by atoms with Crippen molar-refractivity contribution in [2.45, 2.75) is 58.4 Å². The molecule has 2 atom stereocenters. The summed E-state index contributed by atoms with van der Waals surface area (Å²) in [7, 11) is 0. The molecule has 0 bridgehead atoms. The predicted molar refractivity (Wildman–Crippen MR) is 65.1 cm³/mol. The van der Waals surface area contributed by atoms with E-state index in [1.54, 1.807) is 0 Å². The average Bonchev–Trinajstić information content (AvgIpc) is 2.45. The number of hydrogen-bond donors (Lipinski definition) is 1. The summed E-state index contributed by atoms with van der Waals surface area (Å²) in [5.74, 6) is 0.795. The molecule has 0 amide bonds. The van der Waals surface area contributed by atoms with E-state index in [0.717, 1.165) is 38.1 Å². The van der Waals surface area contributed by atoms with E-state index in [-0.39, 0.29) is 0 Å². The maximum atomic E-state index is 5.68. The summed E-state index contributed by atoms with van der Waals surface area (Å²) < 4.78 is 5.68. The van der Waals surface area contributed by atoms with Crippen LogP contribution in [0.3, 0.4) is 0 Å². The zero-order chi connectivity index (χ0) is 10.9. The molecule has 1 saturated carbocycles. The van der Waals surface area contributed by atoms with Crippen LogP contribution in [-0.4, -0.2) is 25.8 Å². The molecule has 90 valence electrons. The summed E-state index contributed by atoms with van der Waals surface area (Å²) in [5, 5.41) is 3.59. The first kappa shape index (κ1) is 13.0. The van der Waals surface area contributed by atoms with E-state index < -0.39 is 0 Å². The van der Waals surface area contributed by atoms with Crippen molar-refractivity contribution < 1.29 is 4.74 Å². The molecule has 2 unspecified atom stereocenters. The Kier molecular flexibility index (Phi) is 7.03. The highest BCUT2D eigenvalue weighted by atomic mass is 16.5. The van der Waals surface area contributed by atoms with Crippen LogP contribution in [-0.2, 0) is 4.74 Å². The van der Waals surface area contributed by atoms with Crippen LogP contribution in [0, 0.1) is 5.92 Å². The van der Waals surface area contributed by atoms with Gasteiger partial charge in [-0.25, -0.2) is 0 Å². The van der Waals surface area contributed by atoms with Crippen molar-refractivity contribution in [2.24, 2.45) is 5.92 Å². The largest absolute Gasteiger partial charge is 0.381 e. The zero-order valence-electron chi connectivity index (χ0n) is 10.4. The van der Waals surface area contributed by atoms with Gasteiger partial charge in [0.25, 0.3) is 0 Å². The second kappa shape index (κ2) is 8.12. The quantitative estimate of drug-likeness (QED) is 0.541. The summed E-state index contributed by atoms with van der Waals surface area (Å²) in [5.41, 5.74) is 0. The van der Waals surface area contributed by atoms with Gasteiger partial charge in [0.15, 0.2) is 0 Å². The van der Waals surface area contributed by atoms with Gasteiger partial charge < -0.3 is 10.1 Å². The summed E-state index contributed by atoms with van der Waals surface area (Å²) in [4.78, 5) is 0. The van der Waals surface area contributed by atoms with Crippen molar-refractivity contribution in [3.63, 3.8) is 0 Å². The van der Waals surface area contributed by atoms with Crippen LogP contribution in [0.4, 0.5) is 0 Å². The highest BCUT2D eigenvalue weighted by Gasteiger charge is 2.19. The van der Waals surface area contributed by atoms with Crippen molar-refractivity contribution in [3.8, 4) is 0 Å². The van der Waals surface area contributed by atoms with Crippen molar-refractivity contribution in [3.05, 3.63) is 0 Å². The van der Waals surface area contributed by atoms with E-state index in [4.69, 9.17) is 4.74 Å². The Balaban J connectivity index is 2.22. The van der Waals surface area contributed by atoms with E-state index >= 15 is 0 Å². The molecule has 2 heteroatoms. The lowest BCUT2D eigenvalue weighted by molar-refractivity contribution is 0.0916. The maximum Gasteiger partial charge on any atom is 0.0494 e. The molecular formula is C13H27NO. The molecular weight excluding hydrogens is 186 g/mol. The molecule has 1 aliphatic carbocycles. The Morgan fingerprint density at radius 3 is 2.73 bits per heavy atom. The minimum atomic E-state index is 0.743. The van der Waals surface area contributed by atoms with Crippen molar-refractivity contribution in [1.29, 1.82) is 0 Å². The number of hydrogen-bond acceptors (Lipinski definition) is 2. The molecule has 0 aliphatic heterocycles. The lowest BCUT2D eigenvalue weighted by Gasteiger charge is -2.20. The van der Waals surface area contributed by atoms with E-state index in [1.165, 1.54) is 32.1 Å². The van der Waals surface area contributed by atoms with Crippen LogP contribution in [0.2, 0.25) is 0 Å². The summed E-state index contributed by atoms with van der Waals surface area (Å²) in [6, 6.07) is 0.743. The van der Waals surface area contributed by atoms with E-state index in [0.29, 0.717) is 0 Å². The highest BCUT2D eigenvalue weighted by molar-refractivity contribution is 4.75. The zero-order valence-corrected chi connectivity index (χ0v) is 10.4. The maximum absolute atomic E-state index is 5.68. The molecule has 0 spiro atoms. The van der Waals surface area contributed by atoms with Gasteiger partial charge in [0.2, 0.25) is 0 Å². The molecule has 1 aliphatic rings. The summed E-state index contributed by atoms with van der Waals surface area (Å²) in [6.07, 6.45) is 7.97. The van der Waals surface area contributed by atoms with Gasteiger partial charge in [0, 0.05) is 19.3 Å². The third-order valence-corrected chi connectivity index (χ3v) is 3.23. The normalized spacial score (nSPS) is 27.6. The third kappa shape index (κ3) is 5.53. The Morgan fingerprint density at radius 2 is 2.00 bits per heavy atom. The number of ether oxygens (including phenoxy) is 1. The van der Waals surface area contributed by atoms with Crippen LogP contribution in [0.15, 0.2) is 0 Å². The molecule has 0 aromatic heterocycles. The first-order valence-electron chi connectivity index (χ1n) is 6.68. The Hall–Kier alpha value is -0.0800. The first-order chi connectivity index (χ1) is 7.36. The summed E-state index contributed by atoms with van der Waals surface area (Å²) in [6.45, 7) is 7.40. The van der Waals surface area contributed by atoms with Crippen molar-refractivity contribution in [1.82, 2.24) is 5.32 Å². The molecule has 0 heterocycles. The lowest BCUT2D eigenvalue weighted by atomic mass is 9.99. The van der Waals surface area contributed by atoms with Gasteiger partial charge in [0.1, 0.15) is 0 Å². The molecule has 1 fully saturated rings. The van der Waals surface area contributed by atoms with Gasteiger partial charge in [-0.2, -0.15) is 0 Å². The molecule has 15 heavy (non-hydrogen) atoms. The van der Waals surface area contributed by atoms with Gasteiger partial charge >= 0.3 is 0 Å². The molecule has 1 rings (SSSR count). The minimum Gasteiger partial charge on any atom is -0.381 e. The van der Waals surface area contributed by atoms with Gasteiger partial charge in [-0.1, -0.05) is 26.7 Å². The number of rotatable bonds is 6. The molecule has 0 aromatic rings. The van der Waals surface area contributed by atoms with Gasteiger partial charge in [-0.3, -0.25) is 0 Å². The molecule has 2 nitrogen and oxygen atoms in total. The summed E-state index contributed by atoms with van der Waals surface area (Å²) >= 11 is 0.